The Kier molecular flexibility index (Phi) is 6.95. The van der Waals surface area contributed by atoms with Crippen molar-refractivity contribution in [1.29, 1.82) is 0 Å². The quantitative estimate of drug-likeness (QED) is 0.798. The van der Waals surface area contributed by atoms with Crippen molar-refractivity contribution < 1.29 is 0 Å². The van der Waals surface area contributed by atoms with Crippen LogP contribution in [-0.2, 0) is 12.8 Å². The molecular weight excluding hydrogens is 250 g/mol. The third kappa shape index (κ3) is 7.03. The van der Waals surface area contributed by atoms with Crippen LogP contribution in [0.5, 0.6) is 0 Å². The van der Waals surface area contributed by atoms with Crippen LogP contribution in [0.15, 0.2) is 24.3 Å². The van der Waals surface area contributed by atoms with Crippen molar-refractivity contribution in [1.82, 2.24) is 5.32 Å². The third-order valence-electron chi connectivity index (χ3n) is 3.12. The van der Waals surface area contributed by atoms with Crippen LogP contribution in [0.3, 0.4) is 0 Å². The summed E-state index contributed by atoms with van der Waals surface area (Å²) in [5.74, 6) is 1.17. The molecule has 1 rings (SSSR count). The first kappa shape index (κ1) is 16.6. The van der Waals surface area contributed by atoms with Crippen LogP contribution in [0, 0.1) is 0 Å². The molecule has 1 aromatic carbocycles. The van der Waals surface area contributed by atoms with Crippen molar-refractivity contribution in [2.24, 2.45) is 0 Å². The van der Waals surface area contributed by atoms with E-state index in [9.17, 15) is 0 Å². The summed E-state index contributed by atoms with van der Waals surface area (Å²) in [6, 6.07) is 9.65. The summed E-state index contributed by atoms with van der Waals surface area (Å²) in [4.78, 5) is 0. The Labute approximate surface area is 123 Å². The first-order chi connectivity index (χ1) is 8.94. The average Bonchev–Trinajstić information content (AvgIpc) is 2.36. The predicted molar refractivity (Wildman–Crippen MR) is 89.2 cm³/mol. The topological polar surface area (TPSA) is 12.0 Å². The van der Waals surface area contributed by atoms with Crippen molar-refractivity contribution in [3.63, 3.8) is 0 Å². The van der Waals surface area contributed by atoms with E-state index in [-0.39, 0.29) is 0 Å². The Hall–Kier alpha value is -0.470. The molecule has 0 bridgehead atoms. The van der Waals surface area contributed by atoms with Gasteiger partial charge >= 0.3 is 0 Å². The molecule has 2 heteroatoms. The van der Waals surface area contributed by atoms with Crippen LogP contribution in [0.25, 0.3) is 0 Å². The lowest BCUT2D eigenvalue weighted by atomic mass is 10.0. The fraction of sp³-hybridized carbons (Fsp3) is 0.647. The van der Waals surface area contributed by atoms with Gasteiger partial charge in [-0.1, -0.05) is 58.9 Å². The molecule has 19 heavy (non-hydrogen) atoms. The van der Waals surface area contributed by atoms with Crippen LogP contribution in [0.4, 0.5) is 0 Å². The number of likely N-dealkylation sites (N-methyl/N-ethyl adjacent to an activating group) is 1. The zero-order valence-corrected chi connectivity index (χ0v) is 13.9. The molecule has 1 nitrogen and oxygen atoms in total. The van der Waals surface area contributed by atoms with E-state index in [1.807, 2.05) is 11.8 Å². The van der Waals surface area contributed by atoms with E-state index in [2.05, 4.69) is 64.2 Å². The summed E-state index contributed by atoms with van der Waals surface area (Å²) in [5.41, 5.74) is 2.87. The van der Waals surface area contributed by atoms with E-state index >= 15 is 0 Å². The van der Waals surface area contributed by atoms with Gasteiger partial charge in [0.2, 0.25) is 0 Å². The normalized spacial score (nSPS) is 13.5. The summed E-state index contributed by atoms with van der Waals surface area (Å²) in [5, 5.41) is 3.61. The Bertz CT molecular complexity index is 351. The molecule has 0 amide bonds. The first-order valence-electron chi connectivity index (χ1n) is 7.39. The van der Waals surface area contributed by atoms with Crippen molar-refractivity contribution in [3.05, 3.63) is 35.4 Å². The second-order valence-electron chi connectivity index (χ2n) is 6.05. The minimum absolute atomic E-state index is 0.347. The highest BCUT2D eigenvalue weighted by atomic mass is 32.2. The maximum Gasteiger partial charge on any atom is 0.0198 e. The number of aryl methyl sites for hydroxylation is 1. The highest BCUT2D eigenvalue weighted by Crippen LogP contribution is 2.24. The lowest BCUT2D eigenvalue weighted by Gasteiger charge is -2.23. The minimum atomic E-state index is 0.347. The average molecular weight is 279 g/mol. The van der Waals surface area contributed by atoms with Gasteiger partial charge in [0.25, 0.3) is 0 Å². The summed E-state index contributed by atoms with van der Waals surface area (Å²) in [7, 11) is 0. The molecule has 1 unspecified atom stereocenters. The summed E-state index contributed by atoms with van der Waals surface area (Å²) >= 11 is 2.05. The van der Waals surface area contributed by atoms with Gasteiger partial charge in [0.15, 0.2) is 0 Å². The van der Waals surface area contributed by atoms with Gasteiger partial charge in [0.1, 0.15) is 0 Å². The van der Waals surface area contributed by atoms with Gasteiger partial charge in [-0.3, -0.25) is 0 Å². The highest BCUT2D eigenvalue weighted by Gasteiger charge is 2.15. The third-order valence-corrected chi connectivity index (χ3v) is 4.56. The molecule has 108 valence electrons. The van der Waals surface area contributed by atoms with E-state index < -0.39 is 0 Å². The summed E-state index contributed by atoms with van der Waals surface area (Å²) in [6.07, 6.45) is 2.25. The molecule has 0 aromatic heterocycles. The number of nitrogens with one attached hydrogen (secondary N) is 1. The molecule has 1 atom stereocenters. The van der Waals surface area contributed by atoms with Gasteiger partial charge in [0, 0.05) is 16.5 Å². The molecule has 0 saturated carbocycles. The second kappa shape index (κ2) is 7.96. The SMILES string of the molecule is CCNC(CSC(C)(C)C)Cc1ccc(CC)cc1. The molecule has 0 fully saturated rings. The number of rotatable bonds is 7. The smallest absolute Gasteiger partial charge is 0.0198 e. The van der Waals surface area contributed by atoms with Gasteiger partial charge in [-0.05, 0) is 30.5 Å². The van der Waals surface area contributed by atoms with Gasteiger partial charge in [-0.15, -0.1) is 0 Å². The molecule has 0 aliphatic rings. The fourth-order valence-corrected chi connectivity index (χ4v) is 2.96. The van der Waals surface area contributed by atoms with E-state index in [1.165, 1.54) is 16.9 Å². The zero-order valence-electron chi connectivity index (χ0n) is 13.1. The van der Waals surface area contributed by atoms with Crippen molar-refractivity contribution in [2.75, 3.05) is 12.3 Å². The van der Waals surface area contributed by atoms with Crippen molar-refractivity contribution >= 4 is 11.8 Å². The van der Waals surface area contributed by atoms with E-state index in [1.54, 1.807) is 0 Å². The molecule has 0 radical (unpaired) electrons. The standard InChI is InChI=1S/C17H29NS/c1-6-14-8-10-15(11-9-14)12-16(18-7-2)13-19-17(3,4)5/h8-11,16,18H,6-7,12-13H2,1-5H3. The first-order valence-corrected chi connectivity index (χ1v) is 8.38. The Morgan fingerprint density at radius 2 is 1.63 bits per heavy atom. The zero-order chi connectivity index (χ0) is 14.3. The van der Waals surface area contributed by atoms with E-state index in [4.69, 9.17) is 0 Å². The van der Waals surface area contributed by atoms with Crippen LogP contribution in [0.2, 0.25) is 0 Å². The Morgan fingerprint density at radius 1 is 1.05 bits per heavy atom. The maximum absolute atomic E-state index is 3.61. The number of hydrogen-bond acceptors (Lipinski definition) is 2. The second-order valence-corrected chi connectivity index (χ2v) is 7.90. The van der Waals surface area contributed by atoms with Gasteiger partial charge in [-0.2, -0.15) is 11.8 Å². The van der Waals surface area contributed by atoms with Gasteiger partial charge in [-0.25, -0.2) is 0 Å². The van der Waals surface area contributed by atoms with E-state index in [0.717, 1.165) is 19.4 Å². The van der Waals surface area contributed by atoms with Gasteiger partial charge < -0.3 is 5.32 Å². The van der Waals surface area contributed by atoms with Crippen LogP contribution in [-0.4, -0.2) is 23.1 Å². The molecule has 0 aliphatic carbocycles. The number of hydrogen-bond donors (Lipinski definition) is 1. The monoisotopic (exact) mass is 279 g/mol. The maximum atomic E-state index is 3.61. The molecule has 1 aromatic rings. The Balaban J connectivity index is 2.56. The van der Waals surface area contributed by atoms with Gasteiger partial charge in [0.05, 0.1) is 0 Å². The Morgan fingerprint density at radius 3 is 2.11 bits per heavy atom. The molecule has 0 saturated heterocycles. The van der Waals surface area contributed by atoms with Crippen LogP contribution < -0.4 is 5.32 Å². The molecule has 0 spiro atoms. The van der Waals surface area contributed by atoms with Crippen molar-refractivity contribution in [2.45, 2.75) is 58.2 Å². The lowest BCUT2D eigenvalue weighted by molar-refractivity contribution is 0.570. The summed E-state index contributed by atoms with van der Waals surface area (Å²) in [6.45, 7) is 12.3. The van der Waals surface area contributed by atoms with Crippen LogP contribution in [0.1, 0.15) is 45.7 Å². The molecule has 0 heterocycles. The number of benzene rings is 1. The van der Waals surface area contributed by atoms with Crippen LogP contribution >= 0.6 is 11.8 Å². The van der Waals surface area contributed by atoms with E-state index in [0.29, 0.717) is 10.8 Å². The molecule has 0 aliphatic heterocycles. The largest absolute Gasteiger partial charge is 0.313 e. The molecular formula is C17H29NS. The predicted octanol–water partition coefficient (Wildman–Crippen LogP) is 4.30. The molecule has 1 N–H and O–H groups in total. The lowest BCUT2D eigenvalue weighted by Crippen LogP contribution is -2.34. The van der Waals surface area contributed by atoms with Crippen molar-refractivity contribution in [3.8, 4) is 0 Å². The summed E-state index contributed by atoms with van der Waals surface area (Å²) < 4.78 is 0.347. The fourth-order valence-electron chi connectivity index (χ4n) is 2.02. The number of thioether (sulfide) groups is 1. The minimum Gasteiger partial charge on any atom is -0.313 e. The highest BCUT2D eigenvalue weighted by molar-refractivity contribution is 8.00.